The number of phosphoric acid groups is 3. The summed E-state index contributed by atoms with van der Waals surface area (Å²) in [6.45, 7) is 19.3. The first-order valence-electron chi connectivity index (χ1n) is 38.8. The number of fused-ring (bicyclic) bond motifs is 6. The summed E-state index contributed by atoms with van der Waals surface area (Å²) in [5.41, 5.74) is 16.2. The minimum absolute atomic E-state index is 0. The molecule has 0 fully saturated rings. The third kappa shape index (κ3) is 27.7. The normalized spacial score (nSPS) is 14.9. The summed E-state index contributed by atoms with van der Waals surface area (Å²) < 4.78 is 72.4. The molecule has 0 radical (unpaired) electrons. The fraction of sp³-hybridized carbons (Fsp3) is 0.571. The molecular weight excluding hydrogens is 1320 g/mol. The Kier molecular flexibility index (Phi) is 37.1. The summed E-state index contributed by atoms with van der Waals surface area (Å²) in [6, 6.07) is 30.3. The number of phosphoric ester groups is 3. The second-order valence-corrected chi connectivity index (χ2v) is 31.6. The Morgan fingerprint density at radius 2 is 0.480 bits per heavy atom. The molecule has 9 rings (SSSR count). The molecule has 0 amide bonds. The summed E-state index contributed by atoms with van der Waals surface area (Å²) >= 11 is 0. The van der Waals surface area contributed by atoms with Crippen molar-refractivity contribution in [1.29, 1.82) is 0 Å². The van der Waals surface area contributed by atoms with Gasteiger partial charge in [-0.25, -0.2) is 13.7 Å². The predicted octanol–water partition coefficient (Wildman–Crippen LogP) is 22.2. The maximum Gasteiger partial charge on any atom is 3.00 e. The molecule has 3 aliphatic carbocycles. The molecule has 12 nitrogen and oxygen atoms in total. The quantitative estimate of drug-likeness (QED) is 0.0203. The minimum atomic E-state index is -4.56. The van der Waals surface area contributed by atoms with Gasteiger partial charge in [0.1, 0.15) is 34.5 Å². The molecule has 0 spiro atoms. The van der Waals surface area contributed by atoms with Crippen LogP contribution in [0.15, 0.2) is 91.0 Å². The van der Waals surface area contributed by atoms with Crippen molar-refractivity contribution in [3.8, 4) is 34.5 Å². The first kappa shape index (κ1) is 84.2. The van der Waals surface area contributed by atoms with Gasteiger partial charge in [0, 0.05) is 0 Å². The Bertz CT molecular complexity index is 3150. The molecule has 3 atom stereocenters. The molecule has 6 aromatic rings. The average molecular weight is 1440 g/mol. The van der Waals surface area contributed by atoms with E-state index in [1.54, 1.807) is 18.2 Å². The van der Waals surface area contributed by atoms with Crippen molar-refractivity contribution < 1.29 is 55.5 Å². The first-order chi connectivity index (χ1) is 47.9. The van der Waals surface area contributed by atoms with Crippen molar-refractivity contribution in [1.82, 2.24) is 0 Å². The summed E-state index contributed by atoms with van der Waals surface area (Å²) in [7, 11) is -13.7. The largest absolute Gasteiger partial charge is 3.00 e. The van der Waals surface area contributed by atoms with Crippen molar-refractivity contribution in [2.75, 3.05) is 0 Å². The van der Waals surface area contributed by atoms with E-state index in [2.05, 4.69) is 96.1 Å². The second kappa shape index (κ2) is 44.1. The van der Waals surface area contributed by atoms with Gasteiger partial charge in [0.15, 0.2) is 0 Å². The molecule has 3 unspecified atom stereocenters. The van der Waals surface area contributed by atoms with E-state index in [4.69, 9.17) is 27.1 Å². The van der Waals surface area contributed by atoms with Crippen molar-refractivity contribution in [2.24, 2.45) is 0 Å². The molecule has 0 N–H and O–H groups in total. The summed E-state index contributed by atoms with van der Waals surface area (Å²) in [6.07, 6.45) is 40.8. The third-order valence-corrected chi connectivity index (χ3v) is 22.0. The summed E-state index contributed by atoms with van der Waals surface area (Å²) in [5, 5.41) is 0. The Morgan fingerprint density at radius 3 is 0.670 bits per heavy atom. The zero-order valence-corrected chi connectivity index (χ0v) is 66.4. The topological polar surface area (TPSA) is 176 Å². The van der Waals surface area contributed by atoms with Crippen LogP contribution in [0.4, 0.5) is 0 Å². The molecule has 16 heteroatoms. The van der Waals surface area contributed by atoms with Crippen LogP contribution < -0.4 is 41.8 Å². The molecule has 0 aliphatic heterocycles. The first-order valence-corrected chi connectivity index (χ1v) is 43.1. The molecule has 100 heavy (non-hydrogen) atoms. The van der Waals surface area contributed by atoms with Crippen LogP contribution in [0.5, 0.6) is 34.5 Å². The van der Waals surface area contributed by atoms with Gasteiger partial charge >= 0.3 is 40.8 Å². The molecular formula is C84H120AlO12P3. The predicted molar refractivity (Wildman–Crippen MR) is 408 cm³/mol. The Balaban J connectivity index is 0.000000235. The van der Waals surface area contributed by atoms with Gasteiger partial charge in [-0.2, -0.15) is 0 Å². The molecule has 6 bridgehead atoms. The van der Waals surface area contributed by atoms with Crippen molar-refractivity contribution in [3.05, 3.63) is 174 Å². The van der Waals surface area contributed by atoms with E-state index >= 15 is 0 Å². The summed E-state index contributed by atoms with van der Waals surface area (Å²) in [4.78, 5) is 38.9. The zero-order chi connectivity index (χ0) is 71.1. The fourth-order valence-corrected chi connectivity index (χ4v) is 16.7. The van der Waals surface area contributed by atoms with Crippen LogP contribution in [-0.2, 0) is 110 Å². The molecule has 0 aromatic heterocycles. The standard InChI is InChI=1S/3C28H41O4P.Al/c3*1-4-7-9-13-22-17-18-27(24(6-3)19-22)31-33(29,30)32-28-25-15-11-12-16-26(28)21-23(20-25)14-10-8-5-2;/h3*17-21H,4-16H2,1-3H3,(H,29,30);/q;;;+3/p-3. The second-order valence-electron chi connectivity index (χ2n) is 27.9. The van der Waals surface area contributed by atoms with Crippen LogP contribution in [0, 0.1) is 0 Å². The molecule has 0 saturated heterocycles. The van der Waals surface area contributed by atoms with E-state index in [1.165, 1.54) is 110 Å². The van der Waals surface area contributed by atoms with E-state index in [-0.39, 0.29) is 17.4 Å². The Labute approximate surface area is 614 Å². The van der Waals surface area contributed by atoms with Gasteiger partial charge < -0.3 is 41.8 Å². The van der Waals surface area contributed by atoms with E-state index in [1.807, 2.05) is 39.0 Å². The maximum absolute atomic E-state index is 13.0. The maximum atomic E-state index is 13.0. The Hall–Kier alpha value is -4.78. The van der Waals surface area contributed by atoms with E-state index in [9.17, 15) is 28.4 Å². The number of rotatable bonds is 39. The number of hydrogen-bond acceptors (Lipinski definition) is 12. The van der Waals surface area contributed by atoms with Crippen molar-refractivity contribution in [2.45, 2.75) is 313 Å². The molecule has 0 saturated carbocycles. The number of aryl methyl sites for hydroxylation is 15. The SMILES string of the molecule is CCCCCc1ccc(OP(=O)([O-])Oc2c3cc(CCCCC)cc2CCCC3)c(CC)c1.CCCCCc1ccc(OP(=O)([O-])Oc2c3cc(CCCCC)cc2CCCC3)c(CC)c1.CCCCCc1ccc(OP(=O)([O-])Oc2c3cc(CCCCC)cc2CCCC3)c(CC)c1.[Al+3]. The van der Waals surface area contributed by atoms with E-state index in [0.29, 0.717) is 53.8 Å². The minimum Gasteiger partial charge on any atom is -0.736 e. The zero-order valence-electron chi connectivity index (χ0n) is 62.6. The van der Waals surface area contributed by atoms with Gasteiger partial charge in [0.05, 0.1) is 0 Å². The number of benzene rings is 6. The van der Waals surface area contributed by atoms with Crippen LogP contribution in [0.3, 0.4) is 0 Å². The number of unbranched alkanes of at least 4 members (excludes halogenated alkanes) is 12. The van der Waals surface area contributed by atoms with E-state index < -0.39 is 23.5 Å². The van der Waals surface area contributed by atoms with Crippen LogP contribution in [0.2, 0.25) is 0 Å². The van der Waals surface area contributed by atoms with Gasteiger partial charge in [-0.15, -0.1) is 0 Å². The molecule has 6 aromatic carbocycles. The fourth-order valence-electron chi connectivity index (χ4n) is 14.0. The van der Waals surface area contributed by atoms with Gasteiger partial charge in [-0.05, 0) is 275 Å². The number of hydrogen-bond donors (Lipinski definition) is 0. The monoisotopic (exact) mass is 1440 g/mol. The van der Waals surface area contributed by atoms with Crippen molar-refractivity contribution >= 4 is 40.8 Å². The van der Waals surface area contributed by atoms with Crippen molar-refractivity contribution in [3.63, 3.8) is 0 Å². The van der Waals surface area contributed by atoms with Crippen LogP contribution in [0.1, 0.15) is 300 Å². The van der Waals surface area contributed by atoms with Crippen LogP contribution >= 0.6 is 23.5 Å². The average Bonchev–Trinajstić information content (AvgIpc) is 1.31. The smallest absolute Gasteiger partial charge is 0.736 e. The molecule has 0 heterocycles. The van der Waals surface area contributed by atoms with Gasteiger partial charge in [-0.1, -0.05) is 212 Å². The van der Waals surface area contributed by atoms with Crippen LogP contribution in [-0.4, -0.2) is 17.4 Å². The van der Waals surface area contributed by atoms with Gasteiger partial charge in [-0.3, -0.25) is 0 Å². The van der Waals surface area contributed by atoms with Crippen LogP contribution in [0.25, 0.3) is 0 Å². The Morgan fingerprint density at radius 1 is 0.280 bits per heavy atom. The third-order valence-electron chi connectivity index (χ3n) is 19.5. The molecule has 546 valence electrons. The summed E-state index contributed by atoms with van der Waals surface area (Å²) in [5.74, 6) is 2.63. The van der Waals surface area contributed by atoms with E-state index in [0.717, 1.165) is 204 Å². The van der Waals surface area contributed by atoms with Gasteiger partial charge in [0.25, 0.3) is 0 Å². The molecule has 3 aliphatic rings. The van der Waals surface area contributed by atoms with Gasteiger partial charge in [0.2, 0.25) is 0 Å².